The van der Waals surface area contributed by atoms with Crippen LogP contribution in [0.1, 0.15) is 71.3 Å². The van der Waals surface area contributed by atoms with E-state index < -0.39 is 0 Å². The molecule has 0 N–H and O–H groups in total. The van der Waals surface area contributed by atoms with Crippen molar-refractivity contribution in [3.8, 4) is 0 Å². The smallest absolute Gasteiger partial charge is 0.320 e. The minimum absolute atomic E-state index is 0.0299. The van der Waals surface area contributed by atoms with Gasteiger partial charge in [0.1, 0.15) is 5.78 Å². The van der Waals surface area contributed by atoms with E-state index in [2.05, 4.69) is 73.0 Å². The highest BCUT2D eigenvalue weighted by atomic mass is 16.2. The van der Waals surface area contributed by atoms with Gasteiger partial charge in [-0.05, 0) is 76.4 Å². The lowest BCUT2D eigenvalue weighted by Crippen LogP contribution is -2.55. The summed E-state index contributed by atoms with van der Waals surface area (Å²) in [4.78, 5) is 32.1. The Labute approximate surface area is 194 Å². The Morgan fingerprint density at radius 2 is 1.72 bits per heavy atom. The van der Waals surface area contributed by atoms with Gasteiger partial charge in [0.2, 0.25) is 0 Å². The van der Waals surface area contributed by atoms with Crippen molar-refractivity contribution in [1.29, 1.82) is 0 Å². The summed E-state index contributed by atoms with van der Waals surface area (Å²) in [5.74, 6) is 0.873. The van der Waals surface area contributed by atoms with Crippen LogP contribution in [0.15, 0.2) is 30.3 Å². The van der Waals surface area contributed by atoms with Crippen molar-refractivity contribution in [2.45, 2.75) is 76.8 Å². The second-order valence-corrected chi connectivity index (χ2v) is 11.8. The van der Waals surface area contributed by atoms with Crippen molar-refractivity contribution in [3.05, 3.63) is 35.9 Å². The van der Waals surface area contributed by atoms with Crippen LogP contribution in [-0.2, 0) is 10.3 Å². The highest BCUT2D eigenvalue weighted by molar-refractivity contribution is 5.79. The van der Waals surface area contributed by atoms with E-state index in [1.165, 1.54) is 18.4 Å². The maximum atomic E-state index is 13.6. The van der Waals surface area contributed by atoms with Crippen molar-refractivity contribution < 1.29 is 9.59 Å². The summed E-state index contributed by atoms with van der Waals surface area (Å²) in [6.07, 6.45) is 7.20. The molecule has 2 aliphatic carbocycles. The lowest BCUT2D eigenvalue weighted by atomic mass is 9.68. The van der Waals surface area contributed by atoms with Gasteiger partial charge in [-0.15, -0.1) is 0 Å². The van der Waals surface area contributed by atoms with Gasteiger partial charge in [0, 0.05) is 31.6 Å². The molecule has 1 aromatic rings. The molecule has 3 aliphatic rings. The molecule has 0 radical (unpaired) electrons. The largest absolute Gasteiger partial charge is 0.322 e. The zero-order valence-electron chi connectivity index (χ0n) is 20.7. The zero-order chi connectivity index (χ0) is 23.1. The number of Topliss-reactive ketones (excluding diaryl/α,β-unsaturated/α-hetero) is 1. The fourth-order valence-corrected chi connectivity index (χ4v) is 6.38. The van der Waals surface area contributed by atoms with Gasteiger partial charge in [-0.1, -0.05) is 44.2 Å². The van der Waals surface area contributed by atoms with Gasteiger partial charge in [-0.3, -0.25) is 4.90 Å². The molecule has 4 rings (SSSR count). The Hall–Kier alpha value is -1.88. The number of rotatable bonds is 8. The second kappa shape index (κ2) is 8.48. The first-order chi connectivity index (χ1) is 15.1. The number of amides is 2. The summed E-state index contributed by atoms with van der Waals surface area (Å²) in [6.45, 7) is 8.25. The summed E-state index contributed by atoms with van der Waals surface area (Å²) in [6, 6.07) is 11.1. The molecule has 5 heteroatoms. The molecule has 2 saturated carbocycles. The van der Waals surface area contributed by atoms with Crippen LogP contribution < -0.4 is 0 Å². The molecule has 1 aliphatic heterocycles. The monoisotopic (exact) mass is 439 g/mol. The van der Waals surface area contributed by atoms with Crippen molar-refractivity contribution in [2.24, 2.45) is 11.3 Å². The van der Waals surface area contributed by atoms with Crippen LogP contribution in [0.5, 0.6) is 0 Å². The molecule has 5 nitrogen and oxygen atoms in total. The zero-order valence-corrected chi connectivity index (χ0v) is 20.7. The number of urea groups is 1. The number of carbonyl (C=O) groups is 2. The van der Waals surface area contributed by atoms with Crippen LogP contribution in [0.25, 0.3) is 0 Å². The minimum Gasteiger partial charge on any atom is -0.322 e. The third kappa shape index (κ3) is 4.46. The first-order valence-electron chi connectivity index (χ1n) is 12.4. The van der Waals surface area contributed by atoms with E-state index in [0.717, 1.165) is 38.8 Å². The van der Waals surface area contributed by atoms with Crippen LogP contribution in [0.3, 0.4) is 0 Å². The molecule has 0 bridgehead atoms. The standard InChI is InChI=1S/C27H41N3O2/c1-21(31)17-25(2,3)19-29-20-26(30(24(29)32)18-22-11-12-22)13-15-27(16-14-26,28(4)5)23-9-7-6-8-10-23/h6-10,22H,11-20H2,1-5H3. The first kappa shape index (κ1) is 23.3. The summed E-state index contributed by atoms with van der Waals surface area (Å²) in [5.41, 5.74) is 1.16. The molecule has 1 aromatic carbocycles. The number of ketones is 1. The molecule has 1 spiro atoms. The molecular formula is C27H41N3O2. The van der Waals surface area contributed by atoms with E-state index in [9.17, 15) is 9.59 Å². The predicted molar refractivity (Wildman–Crippen MR) is 128 cm³/mol. The maximum absolute atomic E-state index is 13.6. The molecule has 1 heterocycles. The Morgan fingerprint density at radius 1 is 1.09 bits per heavy atom. The first-order valence-corrected chi connectivity index (χ1v) is 12.4. The van der Waals surface area contributed by atoms with Gasteiger partial charge in [-0.25, -0.2) is 4.79 Å². The topological polar surface area (TPSA) is 43.9 Å². The average molecular weight is 440 g/mol. The van der Waals surface area contributed by atoms with Gasteiger partial charge >= 0.3 is 6.03 Å². The number of hydrogen-bond acceptors (Lipinski definition) is 3. The SMILES string of the molecule is CC(=O)CC(C)(C)CN1CC2(CCC(c3ccccc3)(N(C)C)CC2)N(CC2CC2)C1=O. The average Bonchev–Trinajstić information content (AvgIpc) is 3.51. The number of nitrogens with zero attached hydrogens (tertiary/aromatic N) is 3. The molecule has 176 valence electrons. The lowest BCUT2D eigenvalue weighted by Gasteiger charge is -2.51. The highest BCUT2D eigenvalue weighted by Gasteiger charge is 2.55. The molecule has 2 amide bonds. The van der Waals surface area contributed by atoms with Gasteiger partial charge in [0.15, 0.2) is 0 Å². The molecule has 0 unspecified atom stereocenters. The molecule has 32 heavy (non-hydrogen) atoms. The molecule has 0 atom stereocenters. The van der Waals surface area contributed by atoms with E-state index in [1.54, 1.807) is 6.92 Å². The Bertz CT molecular complexity index is 836. The van der Waals surface area contributed by atoms with Crippen LogP contribution in [0.2, 0.25) is 0 Å². The van der Waals surface area contributed by atoms with Gasteiger partial charge in [0.05, 0.1) is 5.54 Å². The summed E-state index contributed by atoms with van der Waals surface area (Å²) >= 11 is 0. The van der Waals surface area contributed by atoms with Crippen molar-refractivity contribution >= 4 is 11.8 Å². The van der Waals surface area contributed by atoms with Gasteiger partial charge in [0.25, 0.3) is 0 Å². The third-order valence-corrected chi connectivity index (χ3v) is 8.22. The van der Waals surface area contributed by atoms with Gasteiger partial charge < -0.3 is 14.6 Å². The fourth-order valence-electron chi connectivity index (χ4n) is 6.38. The third-order valence-electron chi connectivity index (χ3n) is 8.22. The quantitative estimate of drug-likeness (QED) is 0.578. The Kier molecular flexibility index (Phi) is 6.17. The van der Waals surface area contributed by atoms with E-state index in [1.807, 2.05) is 0 Å². The van der Waals surface area contributed by atoms with Crippen LogP contribution in [0.4, 0.5) is 4.79 Å². The van der Waals surface area contributed by atoms with Crippen LogP contribution in [0, 0.1) is 11.3 Å². The summed E-state index contributed by atoms with van der Waals surface area (Å²) < 4.78 is 0. The summed E-state index contributed by atoms with van der Waals surface area (Å²) in [7, 11) is 4.40. The molecular weight excluding hydrogens is 398 g/mol. The molecule has 1 saturated heterocycles. The fraction of sp³-hybridized carbons (Fsp3) is 0.704. The van der Waals surface area contributed by atoms with E-state index >= 15 is 0 Å². The van der Waals surface area contributed by atoms with Crippen molar-refractivity contribution in [1.82, 2.24) is 14.7 Å². The van der Waals surface area contributed by atoms with Crippen molar-refractivity contribution in [2.75, 3.05) is 33.7 Å². The Balaban J connectivity index is 1.57. The molecule has 3 fully saturated rings. The maximum Gasteiger partial charge on any atom is 0.320 e. The Morgan fingerprint density at radius 3 is 2.25 bits per heavy atom. The number of carbonyl (C=O) groups excluding carboxylic acids is 2. The van der Waals surface area contributed by atoms with E-state index in [-0.39, 0.29) is 28.3 Å². The lowest BCUT2D eigenvalue weighted by molar-refractivity contribution is -0.119. The summed E-state index contributed by atoms with van der Waals surface area (Å²) in [5, 5.41) is 0. The molecule has 0 aromatic heterocycles. The van der Waals surface area contributed by atoms with Crippen LogP contribution in [-0.4, -0.2) is 65.8 Å². The highest BCUT2D eigenvalue weighted by Crippen LogP contribution is 2.50. The van der Waals surface area contributed by atoms with Gasteiger partial charge in [-0.2, -0.15) is 0 Å². The normalized spacial score (nSPS) is 28.8. The van der Waals surface area contributed by atoms with Crippen LogP contribution >= 0.6 is 0 Å². The van der Waals surface area contributed by atoms with E-state index in [4.69, 9.17) is 0 Å². The number of hydrogen-bond donors (Lipinski definition) is 0. The second-order valence-electron chi connectivity index (χ2n) is 11.8. The van der Waals surface area contributed by atoms with Crippen molar-refractivity contribution in [3.63, 3.8) is 0 Å². The predicted octanol–water partition coefficient (Wildman–Crippen LogP) is 4.91. The minimum atomic E-state index is -0.190. The number of benzene rings is 1. The van der Waals surface area contributed by atoms with E-state index in [0.29, 0.717) is 18.9 Å².